The Hall–Kier alpha value is -4.27. The number of ketones is 1. The number of hydrogen-bond donors (Lipinski definition) is 1. The van der Waals surface area contributed by atoms with Crippen LogP contribution in [0.25, 0.3) is 0 Å². The number of rotatable bonds is 7. The highest BCUT2D eigenvalue weighted by atomic mass is 19.1. The number of carbonyl (C=O) groups excluding carboxylic acids is 2. The summed E-state index contributed by atoms with van der Waals surface area (Å²) in [6, 6.07) is 9.14. The Morgan fingerprint density at radius 2 is 1.89 bits per heavy atom. The van der Waals surface area contributed by atoms with Crippen LogP contribution in [0.4, 0.5) is 14.6 Å². The second-order valence-corrected chi connectivity index (χ2v) is 8.53. The molecule has 184 valence electrons. The third kappa shape index (κ3) is 5.05. The Labute approximate surface area is 207 Å². The molecule has 2 N–H and O–H groups in total. The van der Waals surface area contributed by atoms with Gasteiger partial charge in [-0.05, 0) is 61.2 Å². The lowest BCUT2D eigenvalue weighted by atomic mass is 9.93. The van der Waals surface area contributed by atoms with Crippen molar-refractivity contribution >= 4 is 23.2 Å². The fourth-order valence-electron chi connectivity index (χ4n) is 4.44. The van der Waals surface area contributed by atoms with Gasteiger partial charge < -0.3 is 10.6 Å². The maximum Gasteiger partial charge on any atom is 0.245 e. The van der Waals surface area contributed by atoms with E-state index in [1.165, 1.54) is 55.8 Å². The van der Waals surface area contributed by atoms with Crippen molar-refractivity contribution in [3.63, 3.8) is 0 Å². The van der Waals surface area contributed by atoms with Gasteiger partial charge in [-0.3, -0.25) is 14.6 Å². The molecule has 0 bridgehead atoms. The summed E-state index contributed by atoms with van der Waals surface area (Å²) in [5.74, 6) is -1.38. The van der Waals surface area contributed by atoms with Crippen molar-refractivity contribution in [1.82, 2.24) is 14.9 Å². The molecule has 0 radical (unpaired) electrons. The molecule has 1 fully saturated rings. The van der Waals surface area contributed by atoms with Crippen LogP contribution < -0.4 is 5.73 Å². The van der Waals surface area contributed by atoms with Gasteiger partial charge >= 0.3 is 0 Å². The number of likely N-dealkylation sites (tertiary alicyclic amines) is 1. The lowest BCUT2D eigenvalue weighted by Gasteiger charge is -2.17. The summed E-state index contributed by atoms with van der Waals surface area (Å²) in [6.07, 6.45) is 3.94. The molecule has 0 spiro atoms. The fourth-order valence-corrected chi connectivity index (χ4v) is 4.44. The monoisotopic (exact) mass is 489 g/mol. The van der Waals surface area contributed by atoms with E-state index in [-0.39, 0.29) is 40.0 Å². The number of nitrogens with zero attached hydrogens (tertiary/aromatic N) is 4. The fraction of sp³-hybridized carbons (Fsp3) is 0.222. The standard InChI is InChI=1S/C27H25F2N5O2/c1-3-23(35)34-11-10-16(14-34)12-22-24(27(30)33-15-32-22)25(31-2)20-9-6-18(13-21(20)29)26(36)17-4-7-19(28)8-5-17/h3-9,13,15-16H,1,10-12,14H2,2H3,(H2,30,32,33)/b31-25-. The lowest BCUT2D eigenvalue weighted by molar-refractivity contribution is -0.125. The third-order valence-corrected chi connectivity index (χ3v) is 6.26. The van der Waals surface area contributed by atoms with Crippen LogP contribution in [0.5, 0.6) is 0 Å². The van der Waals surface area contributed by atoms with Gasteiger partial charge in [0, 0.05) is 36.8 Å². The summed E-state index contributed by atoms with van der Waals surface area (Å²) in [5.41, 5.74) is 8.00. The van der Waals surface area contributed by atoms with Gasteiger partial charge in [-0.1, -0.05) is 12.6 Å². The smallest absolute Gasteiger partial charge is 0.245 e. The zero-order chi connectivity index (χ0) is 25.8. The summed E-state index contributed by atoms with van der Waals surface area (Å²) in [7, 11) is 1.52. The molecule has 4 rings (SSSR count). The van der Waals surface area contributed by atoms with Crippen molar-refractivity contribution in [3.05, 3.63) is 101 Å². The van der Waals surface area contributed by atoms with Gasteiger partial charge in [0.15, 0.2) is 5.78 Å². The summed E-state index contributed by atoms with van der Waals surface area (Å²) in [4.78, 5) is 39.2. The number of aromatic nitrogens is 2. The molecule has 1 unspecified atom stereocenters. The molecule has 2 heterocycles. The van der Waals surface area contributed by atoms with Gasteiger partial charge in [-0.2, -0.15) is 0 Å². The van der Waals surface area contributed by atoms with Crippen molar-refractivity contribution < 1.29 is 18.4 Å². The van der Waals surface area contributed by atoms with Crippen molar-refractivity contribution in [1.29, 1.82) is 0 Å². The van der Waals surface area contributed by atoms with Crippen LogP contribution in [0.1, 0.15) is 39.2 Å². The number of hydrogen-bond acceptors (Lipinski definition) is 6. The van der Waals surface area contributed by atoms with Crippen LogP contribution in [-0.2, 0) is 11.2 Å². The highest BCUT2D eigenvalue weighted by molar-refractivity contribution is 6.16. The van der Waals surface area contributed by atoms with E-state index < -0.39 is 17.4 Å². The van der Waals surface area contributed by atoms with Gasteiger partial charge in [0.2, 0.25) is 5.91 Å². The first kappa shape index (κ1) is 24.8. The summed E-state index contributed by atoms with van der Waals surface area (Å²) in [6.45, 7) is 4.72. The predicted octanol–water partition coefficient (Wildman–Crippen LogP) is 3.61. The number of aliphatic imine (C=N–C) groups is 1. The Morgan fingerprint density at radius 3 is 2.56 bits per heavy atom. The Kier molecular flexibility index (Phi) is 7.28. The topological polar surface area (TPSA) is 102 Å². The number of anilines is 1. The second-order valence-electron chi connectivity index (χ2n) is 8.53. The average Bonchev–Trinajstić information content (AvgIpc) is 3.34. The zero-order valence-electron chi connectivity index (χ0n) is 19.7. The van der Waals surface area contributed by atoms with Crippen molar-refractivity contribution in [2.75, 3.05) is 25.9 Å². The summed E-state index contributed by atoms with van der Waals surface area (Å²) in [5, 5.41) is 0. The SMILES string of the molecule is C=CC(=O)N1CCC(Cc2ncnc(N)c2/C(=N\C)c2ccc(C(=O)c3ccc(F)cc3)cc2F)C1. The van der Waals surface area contributed by atoms with E-state index >= 15 is 4.39 Å². The summed E-state index contributed by atoms with van der Waals surface area (Å²) < 4.78 is 28.5. The lowest BCUT2D eigenvalue weighted by Crippen LogP contribution is -2.27. The van der Waals surface area contributed by atoms with E-state index in [1.807, 2.05) is 0 Å². The first-order valence-electron chi connectivity index (χ1n) is 11.4. The molecule has 1 aromatic heterocycles. The largest absolute Gasteiger partial charge is 0.383 e. The van der Waals surface area contributed by atoms with Gasteiger partial charge in [-0.15, -0.1) is 0 Å². The molecule has 0 aliphatic carbocycles. The van der Waals surface area contributed by atoms with Gasteiger partial charge in [0.05, 0.1) is 17.0 Å². The van der Waals surface area contributed by atoms with E-state index in [9.17, 15) is 14.0 Å². The molecule has 0 saturated carbocycles. The van der Waals surface area contributed by atoms with Gasteiger partial charge in [-0.25, -0.2) is 18.7 Å². The number of amides is 1. The van der Waals surface area contributed by atoms with Gasteiger partial charge in [0.25, 0.3) is 0 Å². The number of nitrogens with two attached hydrogens (primary N) is 1. The molecule has 2 aromatic carbocycles. The van der Waals surface area contributed by atoms with E-state index in [4.69, 9.17) is 5.73 Å². The van der Waals surface area contributed by atoms with Crippen LogP contribution in [0, 0.1) is 17.6 Å². The molecule has 1 aliphatic heterocycles. The normalized spacial score (nSPS) is 15.7. The second kappa shape index (κ2) is 10.6. The molecular formula is C27H25F2N5O2. The van der Waals surface area contributed by atoms with E-state index in [2.05, 4.69) is 21.5 Å². The minimum atomic E-state index is -0.665. The molecule has 1 saturated heterocycles. The van der Waals surface area contributed by atoms with E-state index in [0.717, 1.165) is 12.5 Å². The highest BCUT2D eigenvalue weighted by Crippen LogP contribution is 2.27. The van der Waals surface area contributed by atoms with Crippen LogP contribution in [-0.4, -0.2) is 52.4 Å². The Bertz CT molecular complexity index is 1350. The molecule has 36 heavy (non-hydrogen) atoms. The van der Waals surface area contributed by atoms with Crippen molar-refractivity contribution in [3.8, 4) is 0 Å². The first-order valence-corrected chi connectivity index (χ1v) is 11.4. The third-order valence-electron chi connectivity index (χ3n) is 6.26. The molecule has 3 aromatic rings. The Balaban J connectivity index is 1.63. The maximum absolute atomic E-state index is 15.3. The highest BCUT2D eigenvalue weighted by Gasteiger charge is 2.28. The van der Waals surface area contributed by atoms with Crippen LogP contribution in [0.15, 0.2) is 66.4 Å². The molecule has 1 amide bonds. The minimum absolute atomic E-state index is 0.118. The summed E-state index contributed by atoms with van der Waals surface area (Å²) >= 11 is 0. The molecule has 1 aliphatic rings. The first-order chi connectivity index (χ1) is 17.3. The van der Waals surface area contributed by atoms with E-state index in [1.54, 1.807) is 4.90 Å². The maximum atomic E-state index is 15.3. The number of halogens is 2. The zero-order valence-corrected chi connectivity index (χ0v) is 19.7. The minimum Gasteiger partial charge on any atom is -0.383 e. The average molecular weight is 490 g/mol. The molecule has 1 atom stereocenters. The Morgan fingerprint density at radius 1 is 1.17 bits per heavy atom. The molecular weight excluding hydrogens is 464 g/mol. The van der Waals surface area contributed by atoms with Crippen LogP contribution in [0.3, 0.4) is 0 Å². The molecule has 7 nitrogen and oxygen atoms in total. The van der Waals surface area contributed by atoms with Gasteiger partial charge in [0.1, 0.15) is 23.8 Å². The number of carbonyl (C=O) groups is 2. The van der Waals surface area contributed by atoms with Crippen LogP contribution in [0.2, 0.25) is 0 Å². The van der Waals surface area contributed by atoms with Crippen molar-refractivity contribution in [2.24, 2.45) is 10.9 Å². The van der Waals surface area contributed by atoms with Crippen LogP contribution >= 0.6 is 0 Å². The van der Waals surface area contributed by atoms with Crippen molar-refractivity contribution in [2.45, 2.75) is 12.8 Å². The number of nitrogen functional groups attached to an aromatic ring is 1. The number of benzene rings is 2. The van der Waals surface area contributed by atoms with E-state index in [0.29, 0.717) is 30.8 Å². The molecule has 9 heteroatoms. The quantitative estimate of drug-likeness (QED) is 0.310. The predicted molar refractivity (Wildman–Crippen MR) is 133 cm³/mol.